The number of fused-ring (bicyclic) bond motifs is 2. The van der Waals surface area contributed by atoms with Gasteiger partial charge in [0.25, 0.3) is 10.0 Å². The molecule has 0 atom stereocenters. The SMILES string of the molecule is Cc1ccc(S(=O)(=O)n2cc(-c3ccc4ncc(OCCOc5cc(CN)ccn5)cc4c3)c3c(Cl)nc(Cl)nc32)cc1. The molecule has 4 aromatic heterocycles. The summed E-state index contributed by atoms with van der Waals surface area (Å²) in [6.07, 6.45) is 4.76. The molecule has 6 rings (SSSR count). The molecule has 0 amide bonds. The molecule has 0 bridgehead atoms. The summed E-state index contributed by atoms with van der Waals surface area (Å²) >= 11 is 12.6. The molecule has 43 heavy (non-hydrogen) atoms. The van der Waals surface area contributed by atoms with Gasteiger partial charge in [-0.05, 0) is 66.0 Å². The van der Waals surface area contributed by atoms with E-state index in [1.165, 1.54) is 6.20 Å². The standard InChI is InChI=1S/C30H24Cl2N6O4S/c1-18-2-5-23(6-3-18)43(39,40)38-17-24(27-28(31)36-30(32)37-29(27)38)20-4-7-25-21(13-20)14-22(16-35-25)41-10-11-42-26-12-19(15-33)8-9-34-26/h2-9,12-14,16-17H,10-11,15,33H2,1H3. The van der Waals surface area contributed by atoms with Crippen LogP contribution in [-0.4, -0.2) is 45.5 Å². The molecule has 10 nitrogen and oxygen atoms in total. The predicted molar refractivity (Wildman–Crippen MR) is 165 cm³/mol. The summed E-state index contributed by atoms with van der Waals surface area (Å²) in [5, 5.41) is 0.982. The third kappa shape index (κ3) is 5.84. The zero-order chi connectivity index (χ0) is 30.1. The summed E-state index contributed by atoms with van der Waals surface area (Å²) in [6.45, 7) is 2.82. The van der Waals surface area contributed by atoms with Crippen molar-refractivity contribution in [1.82, 2.24) is 23.9 Å². The Balaban J connectivity index is 1.32. The zero-order valence-electron chi connectivity index (χ0n) is 22.7. The maximum atomic E-state index is 13.7. The number of aryl methyl sites for hydroxylation is 1. The largest absolute Gasteiger partial charge is 0.488 e. The van der Waals surface area contributed by atoms with Crippen molar-refractivity contribution < 1.29 is 17.9 Å². The lowest BCUT2D eigenvalue weighted by molar-refractivity contribution is 0.211. The number of hydrogen-bond acceptors (Lipinski definition) is 9. The van der Waals surface area contributed by atoms with E-state index in [1.807, 2.05) is 37.3 Å². The van der Waals surface area contributed by atoms with Gasteiger partial charge < -0.3 is 15.2 Å². The molecular formula is C30H24Cl2N6O4S. The third-order valence-corrected chi connectivity index (χ3v) is 8.83. The normalized spacial score (nSPS) is 11.7. The summed E-state index contributed by atoms with van der Waals surface area (Å²) in [5.74, 6) is 1.01. The summed E-state index contributed by atoms with van der Waals surface area (Å²) in [5.41, 5.74) is 9.51. The van der Waals surface area contributed by atoms with E-state index in [1.54, 1.807) is 42.7 Å². The molecular weight excluding hydrogens is 611 g/mol. The van der Waals surface area contributed by atoms with Crippen LogP contribution < -0.4 is 15.2 Å². The van der Waals surface area contributed by atoms with E-state index in [-0.39, 0.29) is 34.2 Å². The summed E-state index contributed by atoms with van der Waals surface area (Å²) in [4.78, 5) is 17.1. The number of nitrogens with two attached hydrogens (primary N) is 1. The van der Waals surface area contributed by atoms with Crippen LogP contribution in [0.5, 0.6) is 11.6 Å². The molecule has 0 spiro atoms. The second-order valence-corrected chi connectivity index (χ2v) is 12.1. The second-order valence-electron chi connectivity index (χ2n) is 9.62. The van der Waals surface area contributed by atoms with Gasteiger partial charge in [0, 0.05) is 36.0 Å². The van der Waals surface area contributed by atoms with Crippen molar-refractivity contribution in [2.24, 2.45) is 5.73 Å². The third-order valence-electron chi connectivity index (χ3n) is 6.72. The molecule has 2 N–H and O–H groups in total. The molecule has 0 aliphatic rings. The highest BCUT2D eigenvalue weighted by Gasteiger charge is 2.25. The Morgan fingerprint density at radius 1 is 0.930 bits per heavy atom. The molecule has 0 aliphatic heterocycles. The number of nitrogens with zero attached hydrogens (tertiary/aromatic N) is 5. The number of ether oxygens (including phenoxy) is 2. The Bertz CT molecular complexity index is 2090. The number of rotatable bonds is 9. The van der Waals surface area contributed by atoms with E-state index in [0.29, 0.717) is 34.7 Å². The molecule has 0 aliphatic carbocycles. The number of halogens is 2. The van der Waals surface area contributed by atoms with Gasteiger partial charge in [0.2, 0.25) is 11.2 Å². The summed E-state index contributed by atoms with van der Waals surface area (Å²) in [6, 6.07) is 17.5. The van der Waals surface area contributed by atoms with Gasteiger partial charge in [-0.25, -0.2) is 22.4 Å². The van der Waals surface area contributed by atoms with Crippen LogP contribution in [0.1, 0.15) is 11.1 Å². The number of hydrogen-bond donors (Lipinski definition) is 1. The van der Waals surface area contributed by atoms with Crippen molar-refractivity contribution in [1.29, 1.82) is 0 Å². The Kier molecular flexibility index (Phi) is 7.89. The van der Waals surface area contributed by atoms with Crippen LogP contribution in [0.25, 0.3) is 33.1 Å². The van der Waals surface area contributed by atoms with Crippen LogP contribution in [-0.2, 0) is 16.6 Å². The van der Waals surface area contributed by atoms with E-state index in [2.05, 4.69) is 19.9 Å². The van der Waals surface area contributed by atoms with Gasteiger partial charge in [0.15, 0.2) is 5.65 Å². The van der Waals surface area contributed by atoms with E-state index in [4.69, 9.17) is 38.4 Å². The van der Waals surface area contributed by atoms with Gasteiger partial charge in [-0.15, -0.1) is 0 Å². The number of pyridine rings is 2. The smallest absolute Gasteiger partial charge is 0.269 e. The van der Waals surface area contributed by atoms with Crippen LogP contribution in [0.3, 0.4) is 0 Å². The van der Waals surface area contributed by atoms with Crippen molar-refractivity contribution in [2.45, 2.75) is 18.4 Å². The maximum Gasteiger partial charge on any atom is 0.269 e. The van der Waals surface area contributed by atoms with Gasteiger partial charge in [0.05, 0.1) is 22.0 Å². The lowest BCUT2D eigenvalue weighted by Gasteiger charge is -2.09. The first-order chi connectivity index (χ1) is 20.7. The molecule has 0 unspecified atom stereocenters. The van der Waals surface area contributed by atoms with Gasteiger partial charge >= 0.3 is 0 Å². The zero-order valence-corrected chi connectivity index (χ0v) is 25.1. The fourth-order valence-electron chi connectivity index (χ4n) is 4.58. The minimum absolute atomic E-state index is 0.0321. The van der Waals surface area contributed by atoms with E-state index in [0.717, 1.165) is 26.0 Å². The highest BCUT2D eigenvalue weighted by Crippen LogP contribution is 2.37. The molecule has 4 heterocycles. The molecule has 0 radical (unpaired) electrons. The minimum Gasteiger partial charge on any atom is -0.488 e. The lowest BCUT2D eigenvalue weighted by atomic mass is 10.0. The Hall–Kier alpha value is -4.29. The minimum atomic E-state index is -4.03. The monoisotopic (exact) mass is 634 g/mol. The number of aromatic nitrogens is 5. The van der Waals surface area contributed by atoms with Crippen molar-refractivity contribution in [3.63, 3.8) is 0 Å². The second kappa shape index (κ2) is 11.8. The predicted octanol–water partition coefficient (Wildman–Crippen LogP) is 5.81. The van der Waals surface area contributed by atoms with Crippen LogP contribution in [0.4, 0.5) is 0 Å². The topological polar surface area (TPSA) is 135 Å². The van der Waals surface area contributed by atoms with E-state index >= 15 is 0 Å². The molecule has 218 valence electrons. The molecule has 13 heteroatoms. The quantitative estimate of drug-likeness (QED) is 0.119. The van der Waals surface area contributed by atoms with Crippen molar-refractivity contribution in [2.75, 3.05) is 13.2 Å². The van der Waals surface area contributed by atoms with E-state index < -0.39 is 10.0 Å². The highest BCUT2D eigenvalue weighted by molar-refractivity contribution is 7.90. The fourth-order valence-corrected chi connectivity index (χ4v) is 6.36. The Labute approximate surface area is 257 Å². The number of benzene rings is 2. The molecule has 6 aromatic rings. The molecule has 0 saturated carbocycles. The van der Waals surface area contributed by atoms with Gasteiger partial charge in [0.1, 0.15) is 24.1 Å². The lowest BCUT2D eigenvalue weighted by Crippen LogP contribution is -2.12. The average molecular weight is 636 g/mol. The van der Waals surface area contributed by atoms with Crippen molar-refractivity contribution in [3.05, 3.63) is 101 Å². The Morgan fingerprint density at radius 2 is 1.72 bits per heavy atom. The van der Waals surface area contributed by atoms with E-state index in [9.17, 15) is 8.42 Å². The van der Waals surface area contributed by atoms with Crippen LogP contribution >= 0.6 is 23.2 Å². The summed E-state index contributed by atoms with van der Waals surface area (Å²) in [7, 11) is -4.03. The summed E-state index contributed by atoms with van der Waals surface area (Å²) < 4.78 is 40.0. The van der Waals surface area contributed by atoms with Crippen molar-refractivity contribution >= 4 is 55.2 Å². The molecule has 0 fully saturated rings. The van der Waals surface area contributed by atoms with Crippen molar-refractivity contribution in [3.8, 4) is 22.8 Å². The first-order valence-corrected chi connectivity index (χ1v) is 15.3. The average Bonchev–Trinajstić information content (AvgIpc) is 3.40. The first-order valence-electron chi connectivity index (χ1n) is 13.1. The maximum absolute atomic E-state index is 13.7. The van der Waals surface area contributed by atoms with Gasteiger partial charge in [-0.3, -0.25) is 4.98 Å². The Morgan fingerprint density at radius 3 is 2.51 bits per heavy atom. The van der Waals surface area contributed by atoms with Gasteiger partial charge in [-0.2, -0.15) is 4.98 Å². The molecule has 0 saturated heterocycles. The van der Waals surface area contributed by atoms with Crippen LogP contribution in [0, 0.1) is 6.92 Å². The fraction of sp³-hybridized carbons (Fsp3) is 0.133. The van der Waals surface area contributed by atoms with Gasteiger partial charge in [-0.1, -0.05) is 35.4 Å². The first kappa shape index (κ1) is 28.8. The van der Waals surface area contributed by atoms with Crippen LogP contribution in [0.2, 0.25) is 10.4 Å². The van der Waals surface area contributed by atoms with Crippen LogP contribution in [0.15, 0.2) is 84.1 Å². The molecule has 2 aromatic carbocycles. The highest BCUT2D eigenvalue weighted by atomic mass is 35.5.